The Morgan fingerprint density at radius 1 is 1.11 bits per heavy atom. The number of nitrogens with zero attached hydrogens (tertiary/aromatic N) is 3. The Morgan fingerprint density at radius 3 is 2.40 bits per heavy atom. The summed E-state index contributed by atoms with van der Waals surface area (Å²) in [5.41, 5.74) is -6.11. The molecule has 14 heteroatoms. The second kappa shape index (κ2) is 9.29. The number of carbonyl (C=O) groups is 1. The number of nitriles is 1. The van der Waals surface area contributed by atoms with Crippen LogP contribution >= 0.6 is 0 Å². The number of carboxylic acids is 1. The average molecular weight is 497 g/mol. The second-order valence-corrected chi connectivity index (χ2v) is 6.81. The highest BCUT2D eigenvalue weighted by atomic mass is 19.4. The van der Waals surface area contributed by atoms with Gasteiger partial charge in [-0.05, 0) is 18.2 Å². The Morgan fingerprint density at radius 2 is 1.80 bits per heavy atom. The molecule has 182 valence electrons. The van der Waals surface area contributed by atoms with Crippen LogP contribution < -0.4 is 20.7 Å². The fourth-order valence-corrected chi connectivity index (χ4v) is 2.96. The van der Waals surface area contributed by atoms with Gasteiger partial charge in [0.1, 0.15) is 23.3 Å². The van der Waals surface area contributed by atoms with E-state index in [1.165, 1.54) is 0 Å². The lowest BCUT2D eigenvalue weighted by molar-refractivity contribution is -0.144. The van der Waals surface area contributed by atoms with Crippen molar-refractivity contribution >= 4 is 5.97 Å². The lowest BCUT2D eigenvalue weighted by Crippen LogP contribution is -2.41. The van der Waals surface area contributed by atoms with Gasteiger partial charge in [0.25, 0.3) is 5.56 Å². The third kappa shape index (κ3) is 4.98. The number of aliphatic carboxylic acids is 1. The first-order valence-electron chi connectivity index (χ1n) is 9.30. The van der Waals surface area contributed by atoms with Crippen LogP contribution in [0, 0.1) is 23.0 Å². The fraction of sp³-hybridized carbons (Fsp3) is 0.143. The lowest BCUT2D eigenvalue weighted by atomic mass is 10.1. The van der Waals surface area contributed by atoms with E-state index in [1.54, 1.807) is 6.07 Å². The van der Waals surface area contributed by atoms with Crippen molar-refractivity contribution in [2.75, 3.05) is 6.61 Å². The van der Waals surface area contributed by atoms with Crippen molar-refractivity contribution < 1.29 is 41.3 Å². The molecule has 0 atom stereocenters. The maximum absolute atomic E-state index is 14.7. The van der Waals surface area contributed by atoms with Gasteiger partial charge in [-0.2, -0.15) is 18.4 Å². The monoisotopic (exact) mass is 497 g/mol. The molecule has 0 fully saturated rings. The first kappa shape index (κ1) is 25.0. The highest BCUT2D eigenvalue weighted by Gasteiger charge is 2.35. The molecular weight excluding hydrogens is 485 g/mol. The molecule has 0 bridgehead atoms. The molecule has 2 aromatic carbocycles. The van der Waals surface area contributed by atoms with Crippen LogP contribution in [0.15, 0.2) is 46.0 Å². The zero-order valence-corrected chi connectivity index (χ0v) is 17.4. The van der Waals surface area contributed by atoms with Crippen LogP contribution in [0.2, 0.25) is 0 Å². The van der Waals surface area contributed by atoms with Gasteiger partial charge in [-0.15, -0.1) is 0 Å². The third-order valence-corrected chi connectivity index (χ3v) is 4.51. The Hall–Kier alpha value is -4.67. The van der Waals surface area contributed by atoms with E-state index < -0.39 is 75.8 Å². The molecule has 0 radical (unpaired) electrons. The molecule has 0 saturated heterocycles. The molecule has 1 heterocycles. The van der Waals surface area contributed by atoms with Crippen LogP contribution in [0.25, 0.3) is 5.69 Å². The van der Waals surface area contributed by atoms with Gasteiger partial charge < -0.3 is 14.6 Å². The van der Waals surface area contributed by atoms with Crippen LogP contribution in [-0.4, -0.2) is 26.8 Å². The molecular formula is C21H12F5N3O6. The summed E-state index contributed by atoms with van der Waals surface area (Å²) in [6.07, 6.45) is -5.05. The summed E-state index contributed by atoms with van der Waals surface area (Å²) in [5.74, 6) is -5.56. The Bertz CT molecular complexity index is 1490. The number of ether oxygens (including phenoxy) is 2. The van der Waals surface area contributed by atoms with Crippen molar-refractivity contribution in [3.8, 4) is 29.0 Å². The predicted molar refractivity (Wildman–Crippen MR) is 107 cm³/mol. The number of hydrogen-bond donors (Lipinski definition) is 1. The van der Waals surface area contributed by atoms with Crippen LogP contribution in [0.4, 0.5) is 22.0 Å². The maximum Gasteiger partial charge on any atom is 0.431 e. The van der Waals surface area contributed by atoms with Gasteiger partial charge in [-0.25, -0.2) is 22.9 Å². The number of halogens is 5. The molecule has 0 amide bonds. The van der Waals surface area contributed by atoms with Crippen molar-refractivity contribution in [2.24, 2.45) is 7.05 Å². The third-order valence-electron chi connectivity index (χ3n) is 4.51. The van der Waals surface area contributed by atoms with Gasteiger partial charge in [0.15, 0.2) is 18.2 Å². The number of carboxylic acid groups (broad SMARTS) is 1. The molecule has 0 saturated carbocycles. The van der Waals surface area contributed by atoms with Crippen LogP contribution in [-0.2, 0) is 18.0 Å². The zero-order chi connectivity index (χ0) is 26.1. The quantitative estimate of drug-likeness (QED) is 0.520. The first-order valence-corrected chi connectivity index (χ1v) is 9.30. The summed E-state index contributed by atoms with van der Waals surface area (Å²) in [4.78, 5) is 35.6. The van der Waals surface area contributed by atoms with Gasteiger partial charge in [0.2, 0.25) is 5.75 Å². The lowest BCUT2D eigenvalue weighted by Gasteiger charge is -2.16. The van der Waals surface area contributed by atoms with Gasteiger partial charge in [-0.1, -0.05) is 6.07 Å². The number of benzene rings is 2. The van der Waals surface area contributed by atoms with E-state index in [9.17, 15) is 41.6 Å². The number of para-hydroxylation sites is 1. The zero-order valence-electron chi connectivity index (χ0n) is 17.4. The minimum absolute atomic E-state index is 0.0712. The Balaban J connectivity index is 2.20. The van der Waals surface area contributed by atoms with Crippen LogP contribution in [0.5, 0.6) is 17.2 Å². The summed E-state index contributed by atoms with van der Waals surface area (Å²) in [7, 11) is 0.714. The van der Waals surface area contributed by atoms with E-state index in [0.717, 1.165) is 18.2 Å². The minimum atomic E-state index is -5.05. The molecule has 0 spiro atoms. The molecule has 1 aromatic heterocycles. The largest absolute Gasteiger partial charge is 0.479 e. The molecule has 35 heavy (non-hydrogen) atoms. The summed E-state index contributed by atoms with van der Waals surface area (Å²) in [6, 6.07) is 5.98. The fourth-order valence-electron chi connectivity index (χ4n) is 2.96. The van der Waals surface area contributed by atoms with E-state index in [0.29, 0.717) is 19.2 Å². The molecule has 3 aromatic rings. The first-order chi connectivity index (χ1) is 16.3. The van der Waals surface area contributed by atoms with Gasteiger partial charge >= 0.3 is 17.8 Å². The van der Waals surface area contributed by atoms with Gasteiger partial charge in [0.05, 0.1) is 11.3 Å². The van der Waals surface area contributed by atoms with E-state index in [4.69, 9.17) is 14.6 Å². The van der Waals surface area contributed by atoms with E-state index in [2.05, 4.69) is 0 Å². The second-order valence-electron chi connectivity index (χ2n) is 6.81. The highest BCUT2D eigenvalue weighted by Crippen LogP contribution is 2.37. The van der Waals surface area contributed by atoms with Crippen molar-refractivity contribution in [3.63, 3.8) is 0 Å². The normalized spacial score (nSPS) is 11.1. The summed E-state index contributed by atoms with van der Waals surface area (Å²) < 4.78 is 78.8. The molecule has 3 rings (SSSR count). The average Bonchev–Trinajstić information content (AvgIpc) is 2.77. The standard InChI is InChI=1S/C21H12F5N3O6/c1-28-16(21(24,25)26)7-17(30)29(20(28)33)13-6-15(10(8-27)5-12(13)23)35-19-11(22)3-2-4-14(19)34-9-18(31)32/h2-7H,9H2,1H3,(H,31,32). The smallest absolute Gasteiger partial charge is 0.431 e. The van der Waals surface area contributed by atoms with Crippen molar-refractivity contribution in [3.05, 3.63) is 80.1 Å². The van der Waals surface area contributed by atoms with Crippen molar-refractivity contribution in [1.82, 2.24) is 9.13 Å². The number of alkyl halides is 3. The van der Waals surface area contributed by atoms with Gasteiger partial charge in [0, 0.05) is 19.2 Å². The number of aromatic nitrogens is 2. The molecule has 0 aliphatic rings. The molecule has 0 aliphatic carbocycles. The van der Waals surface area contributed by atoms with Crippen molar-refractivity contribution in [2.45, 2.75) is 6.18 Å². The molecule has 9 nitrogen and oxygen atoms in total. The number of rotatable bonds is 6. The van der Waals surface area contributed by atoms with E-state index in [-0.39, 0.29) is 15.2 Å². The Kier molecular flexibility index (Phi) is 6.63. The molecule has 0 aliphatic heterocycles. The minimum Gasteiger partial charge on any atom is -0.479 e. The summed E-state index contributed by atoms with van der Waals surface area (Å²) >= 11 is 0. The summed E-state index contributed by atoms with van der Waals surface area (Å²) in [5, 5.41) is 18.1. The SMILES string of the molecule is Cn1c(C(F)(F)F)cc(=O)n(-c2cc(Oc3c(F)cccc3OCC(=O)O)c(C#N)cc2F)c1=O. The van der Waals surface area contributed by atoms with E-state index in [1.807, 2.05) is 0 Å². The maximum atomic E-state index is 14.7. The van der Waals surface area contributed by atoms with E-state index >= 15 is 0 Å². The molecule has 0 unspecified atom stereocenters. The van der Waals surface area contributed by atoms with Crippen LogP contribution in [0.3, 0.4) is 0 Å². The van der Waals surface area contributed by atoms with Crippen molar-refractivity contribution in [1.29, 1.82) is 5.26 Å². The predicted octanol–water partition coefficient (Wildman–Crippen LogP) is 2.96. The Labute approximate surface area is 191 Å². The van der Waals surface area contributed by atoms with Gasteiger partial charge in [-0.3, -0.25) is 9.36 Å². The number of hydrogen-bond acceptors (Lipinski definition) is 6. The topological polar surface area (TPSA) is 124 Å². The summed E-state index contributed by atoms with van der Waals surface area (Å²) in [6.45, 7) is -0.892. The van der Waals surface area contributed by atoms with Crippen LogP contribution in [0.1, 0.15) is 11.3 Å². The molecule has 1 N–H and O–H groups in total. The highest BCUT2D eigenvalue weighted by molar-refractivity contribution is 5.68.